The third kappa shape index (κ3) is 5.96. The van der Waals surface area contributed by atoms with Gasteiger partial charge in [-0.1, -0.05) is 0 Å². The number of aliphatic hydroxyl groups excluding tert-OH is 1. The molecule has 0 heterocycles. The second kappa shape index (κ2) is 4.30. The molecule has 0 saturated heterocycles. The molecule has 1 amide bonds. The highest BCUT2D eigenvalue weighted by Gasteiger charge is 2.31. The van der Waals surface area contributed by atoms with E-state index in [1.807, 2.05) is 5.32 Å². The first-order valence-corrected chi connectivity index (χ1v) is 3.32. The monoisotopic (exact) mass is 185 g/mol. The fourth-order valence-corrected chi connectivity index (χ4v) is 0.554. The van der Waals surface area contributed by atoms with Crippen LogP contribution >= 0.6 is 0 Å². The summed E-state index contributed by atoms with van der Waals surface area (Å²) in [6, 6.07) is -0.639. The summed E-state index contributed by atoms with van der Waals surface area (Å²) in [5.41, 5.74) is 0. The number of rotatable bonds is 3. The Morgan fingerprint density at radius 1 is 1.58 bits per heavy atom. The van der Waals surface area contributed by atoms with Crippen molar-refractivity contribution < 1.29 is 23.1 Å². The van der Waals surface area contributed by atoms with Crippen molar-refractivity contribution in [1.29, 1.82) is 0 Å². The van der Waals surface area contributed by atoms with Gasteiger partial charge in [0.1, 0.15) is 6.42 Å². The zero-order chi connectivity index (χ0) is 9.78. The van der Waals surface area contributed by atoms with Crippen molar-refractivity contribution in [3.8, 4) is 0 Å². The van der Waals surface area contributed by atoms with Crippen LogP contribution in [0.5, 0.6) is 0 Å². The van der Waals surface area contributed by atoms with Gasteiger partial charge in [0, 0.05) is 6.04 Å². The van der Waals surface area contributed by atoms with Gasteiger partial charge in [-0.3, -0.25) is 4.79 Å². The number of nitrogens with one attached hydrogen (secondary N) is 1. The van der Waals surface area contributed by atoms with Crippen LogP contribution in [0.1, 0.15) is 13.3 Å². The Kier molecular flexibility index (Phi) is 4.02. The van der Waals surface area contributed by atoms with Crippen molar-refractivity contribution in [2.24, 2.45) is 0 Å². The third-order valence-electron chi connectivity index (χ3n) is 1.04. The maximum atomic E-state index is 11.5. The molecule has 6 heteroatoms. The molecule has 12 heavy (non-hydrogen) atoms. The highest BCUT2D eigenvalue weighted by atomic mass is 19.4. The summed E-state index contributed by atoms with van der Waals surface area (Å²) in [6.07, 6.45) is -5.99. The number of hydrogen-bond acceptors (Lipinski definition) is 2. The number of carbonyl (C=O) groups is 1. The smallest absolute Gasteiger partial charge is 0.394 e. The zero-order valence-electron chi connectivity index (χ0n) is 6.48. The second-order valence-electron chi connectivity index (χ2n) is 2.44. The van der Waals surface area contributed by atoms with E-state index in [4.69, 9.17) is 5.11 Å². The van der Waals surface area contributed by atoms with Gasteiger partial charge >= 0.3 is 6.18 Å². The first-order valence-electron chi connectivity index (χ1n) is 3.32. The molecule has 0 aliphatic carbocycles. The molecule has 1 unspecified atom stereocenters. The summed E-state index contributed by atoms with van der Waals surface area (Å²) in [4.78, 5) is 10.5. The van der Waals surface area contributed by atoms with Crippen LogP contribution in [-0.4, -0.2) is 29.8 Å². The largest absolute Gasteiger partial charge is 0.397 e. The predicted octanol–water partition coefficient (Wildman–Crippen LogP) is 0.436. The van der Waals surface area contributed by atoms with Crippen LogP contribution in [0.4, 0.5) is 13.2 Å². The highest BCUT2D eigenvalue weighted by Crippen LogP contribution is 2.18. The molecule has 0 fully saturated rings. The van der Waals surface area contributed by atoms with Crippen LogP contribution in [0.15, 0.2) is 0 Å². The molecule has 0 bridgehead atoms. The third-order valence-corrected chi connectivity index (χ3v) is 1.04. The number of hydrogen-bond donors (Lipinski definition) is 2. The molecule has 0 aromatic heterocycles. The molecule has 1 atom stereocenters. The Labute approximate surface area is 67.6 Å². The average Bonchev–Trinajstić information content (AvgIpc) is 1.82. The molecule has 0 saturated carbocycles. The summed E-state index contributed by atoms with van der Waals surface area (Å²) in [5.74, 6) is -1.12. The van der Waals surface area contributed by atoms with Gasteiger partial charge in [0.15, 0.2) is 0 Å². The van der Waals surface area contributed by atoms with E-state index >= 15 is 0 Å². The highest BCUT2D eigenvalue weighted by molar-refractivity contribution is 5.76. The van der Waals surface area contributed by atoms with Crippen molar-refractivity contribution in [3.05, 3.63) is 0 Å². The van der Waals surface area contributed by atoms with Gasteiger partial charge in [-0.15, -0.1) is 0 Å². The van der Waals surface area contributed by atoms with Gasteiger partial charge in [0.25, 0.3) is 0 Å². The number of aliphatic hydroxyl groups is 1. The van der Waals surface area contributed by atoms with E-state index < -0.39 is 24.5 Å². The van der Waals surface area contributed by atoms with E-state index in [0.29, 0.717) is 0 Å². The Balaban J connectivity index is 3.75. The van der Waals surface area contributed by atoms with Crippen molar-refractivity contribution in [3.63, 3.8) is 0 Å². The molecular formula is C6H10F3NO2. The second-order valence-corrected chi connectivity index (χ2v) is 2.44. The predicted molar refractivity (Wildman–Crippen MR) is 35.4 cm³/mol. The van der Waals surface area contributed by atoms with Crippen LogP contribution in [0.25, 0.3) is 0 Å². The number of halogens is 3. The van der Waals surface area contributed by atoms with Gasteiger partial charge < -0.3 is 10.4 Å². The van der Waals surface area contributed by atoms with E-state index in [0.717, 1.165) is 0 Å². The van der Waals surface area contributed by atoms with Gasteiger partial charge in [0.05, 0.1) is 6.61 Å². The maximum Gasteiger partial charge on any atom is 0.397 e. The topological polar surface area (TPSA) is 49.3 Å². The van der Waals surface area contributed by atoms with E-state index in [1.54, 1.807) is 0 Å². The molecule has 0 aromatic carbocycles. The van der Waals surface area contributed by atoms with Crippen LogP contribution in [0, 0.1) is 0 Å². The Morgan fingerprint density at radius 3 is 2.42 bits per heavy atom. The lowest BCUT2D eigenvalue weighted by Gasteiger charge is -2.11. The van der Waals surface area contributed by atoms with E-state index in [-0.39, 0.29) is 6.61 Å². The standard InChI is InChI=1S/C6H10F3NO2/c1-4(3-11)10-5(12)2-6(7,8)9/h4,11H,2-3H2,1H3,(H,10,12). The summed E-state index contributed by atoms with van der Waals surface area (Å²) in [5, 5.41) is 10.4. The Hall–Kier alpha value is -0.780. The number of alkyl halides is 3. The molecule has 0 radical (unpaired) electrons. The van der Waals surface area contributed by atoms with Crippen molar-refractivity contribution in [2.45, 2.75) is 25.6 Å². The van der Waals surface area contributed by atoms with Crippen molar-refractivity contribution in [2.75, 3.05) is 6.61 Å². The normalized spacial score (nSPS) is 14.1. The lowest BCUT2D eigenvalue weighted by atomic mass is 10.3. The zero-order valence-corrected chi connectivity index (χ0v) is 6.48. The van der Waals surface area contributed by atoms with Crippen molar-refractivity contribution in [1.82, 2.24) is 5.32 Å². The molecule has 3 nitrogen and oxygen atoms in total. The Bertz CT molecular complexity index is 157. The maximum absolute atomic E-state index is 11.5. The Morgan fingerprint density at radius 2 is 2.08 bits per heavy atom. The van der Waals surface area contributed by atoms with Gasteiger partial charge in [-0.2, -0.15) is 13.2 Å². The molecule has 0 aliphatic rings. The van der Waals surface area contributed by atoms with Gasteiger partial charge in [-0.05, 0) is 6.92 Å². The van der Waals surface area contributed by atoms with E-state index in [2.05, 4.69) is 0 Å². The fraction of sp³-hybridized carbons (Fsp3) is 0.833. The number of carbonyl (C=O) groups excluding carboxylic acids is 1. The molecule has 2 N–H and O–H groups in total. The molecule has 0 spiro atoms. The van der Waals surface area contributed by atoms with Crippen molar-refractivity contribution >= 4 is 5.91 Å². The minimum Gasteiger partial charge on any atom is -0.394 e. The summed E-state index contributed by atoms with van der Waals surface area (Å²) in [6.45, 7) is 1.04. The molecule has 0 aromatic rings. The van der Waals surface area contributed by atoms with Gasteiger partial charge in [0.2, 0.25) is 5.91 Å². The summed E-state index contributed by atoms with van der Waals surface area (Å²) in [7, 11) is 0. The SMILES string of the molecule is CC(CO)NC(=O)CC(F)(F)F. The first-order chi connectivity index (χ1) is 5.35. The summed E-state index contributed by atoms with van der Waals surface area (Å²) >= 11 is 0. The minimum atomic E-state index is -4.49. The van der Waals surface area contributed by atoms with Crippen LogP contribution in [0.3, 0.4) is 0 Å². The molecular weight excluding hydrogens is 175 g/mol. The van der Waals surface area contributed by atoms with Crippen LogP contribution in [0.2, 0.25) is 0 Å². The van der Waals surface area contributed by atoms with Crippen LogP contribution < -0.4 is 5.32 Å². The average molecular weight is 185 g/mol. The van der Waals surface area contributed by atoms with Gasteiger partial charge in [-0.25, -0.2) is 0 Å². The first kappa shape index (κ1) is 11.2. The van der Waals surface area contributed by atoms with E-state index in [1.165, 1.54) is 6.92 Å². The summed E-state index contributed by atoms with van der Waals surface area (Å²) < 4.78 is 34.6. The fourth-order valence-electron chi connectivity index (χ4n) is 0.554. The molecule has 0 rings (SSSR count). The van der Waals surface area contributed by atoms with Crippen LogP contribution in [-0.2, 0) is 4.79 Å². The molecule has 72 valence electrons. The lowest BCUT2D eigenvalue weighted by Crippen LogP contribution is -2.37. The minimum absolute atomic E-state index is 0.371. The number of amides is 1. The quantitative estimate of drug-likeness (QED) is 0.670. The lowest BCUT2D eigenvalue weighted by molar-refractivity contribution is -0.154. The molecule has 0 aliphatic heterocycles. The van der Waals surface area contributed by atoms with E-state index in [9.17, 15) is 18.0 Å².